The minimum absolute atomic E-state index is 0.131. The molecule has 0 aliphatic heterocycles. The predicted molar refractivity (Wildman–Crippen MR) is 136 cm³/mol. The second-order valence-electron chi connectivity index (χ2n) is 6.76. The maximum Gasteiger partial charge on any atom is 0.285 e. The van der Waals surface area contributed by atoms with Gasteiger partial charge in [0.1, 0.15) is 17.1 Å². The number of nitrogens with zero attached hydrogens (tertiary/aromatic N) is 3. The molecule has 0 unspecified atom stereocenters. The maximum absolute atomic E-state index is 12.8. The van der Waals surface area contributed by atoms with Crippen molar-refractivity contribution in [3.05, 3.63) is 34.0 Å². The van der Waals surface area contributed by atoms with Gasteiger partial charge in [0.25, 0.3) is 5.56 Å². The highest BCUT2D eigenvalue weighted by atomic mass is 32.1. The van der Waals surface area contributed by atoms with Crippen LogP contribution in [0.5, 0.6) is 0 Å². The third-order valence-electron chi connectivity index (χ3n) is 3.71. The van der Waals surface area contributed by atoms with Crippen LogP contribution >= 0.6 is 11.3 Å². The zero-order chi connectivity index (χ0) is 24.0. The molecule has 2 aromatic heterocycles. The molecule has 0 atom stereocenters. The van der Waals surface area contributed by atoms with Crippen LogP contribution in [0.25, 0.3) is 10.1 Å². The van der Waals surface area contributed by atoms with Crippen LogP contribution in [0, 0.1) is 0 Å². The van der Waals surface area contributed by atoms with Gasteiger partial charge in [-0.15, -0.1) is 11.3 Å². The molecule has 0 bridgehead atoms. The lowest BCUT2D eigenvalue weighted by Crippen LogP contribution is -2.33. The number of nitrogens with one attached hydrogen (secondary N) is 2. The fraction of sp³-hybridized carbons (Fsp3) is 0.565. The summed E-state index contributed by atoms with van der Waals surface area (Å²) in [5, 5.41) is 12.0. The zero-order valence-electron chi connectivity index (χ0n) is 20.5. The number of hydrogen-bond donors (Lipinski definition) is 2. The molecule has 1 amide bonds. The average Bonchev–Trinajstić information content (AvgIpc) is 3.19. The maximum atomic E-state index is 12.8. The Kier molecular flexibility index (Phi) is 14.1. The van der Waals surface area contributed by atoms with Crippen molar-refractivity contribution in [3.63, 3.8) is 0 Å². The van der Waals surface area contributed by atoms with Crippen molar-refractivity contribution in [1.82, 2.24) is 15.1 Å². The fourth-order valence-electron chi connectivity index (χ4n) is 2.43. The van der Waals surface area contributed by atoms with E-state index in [2.05, 4.69) is 34.6 Å². The molecule has 0 aliphatic rings. The van der Waals surface area contributed by atoms with E-state index in [0.717, 1.165) is 22.5 Å². The summed E-state index contributed by atoms with van der Waals surface area (Å²) in [6.07, 6.45) is 5.45. The van der Waals surface area contributed by atoms with Gasteiger partial charge in [-0.25, -0.2) is 9.67 Å². The van der Waals surface area contributed by atoms with Crippen molar-refractivity contribution in [2.45, 2.75) is 80.7 Å². The molecule has 2 heterocycles. The third kappa shape index (κ3) is 8.65. The number of allylic oxidation sites excluding steroid dienone is 1. The number of carbonyl (C=O) groups excluding carboxylic acids is 1. The number of thiophene rings is 1. The van der Waals surface area contributed by atoms with Crippen LogP contribution in [-0.4, -0.2) is 28.9 Å². The van der Waals surface area contributed by atoms with Crippen LogP contribution in [-0.2, 0) is 11.3 Å². The standard InChI is InChI=1S/C18H25N5O2S.C3H8.C2H6/c1-6-8-20-13(7-2)21-14(24)10-23-18(25)17-12(9-15(19-5)26-17)16(22-23)11(3)4;1-3-2;1-2/h7-9,11,19H,6,10H2,1-5H3,(H,21,24);3H2,1-2H3;1-2H3/b13-7-,20-8-;;. The van der Waals surface area contributed by atoms with Gasteiger partial charge in [0.2, 0.25) is 5.91 Å². The Bertz CT molecular complexity index is 926. The van der Waals surface area contributed by atoms with Crippen LogP contribution in [0.4, 0.5) is 5.00 Å². The fourth-order valence-corrected chi connectivity index (χ4v) is 3.40. The van der Waals surface area contributed by atoms with Crippen molar-refractivity contribution in [1.29, 1.82) is 0 Å². The molecule has 2 rings (SSSR count). The SMILES string of the molecule is C/C=C(/N=C\CC)NC(=O)Cn1nc(C(C)C)c2cc(NC)sc2c1=O.CC.CCC. The molecule has 2 N–H and O–H groups in total. The normalized spacial score (nSPS) is 11.1. The molecule has 0 aromatic carbocycles. The van der Waals surface area contributed by atoms with Gasteiger partial charge >= 0.3 is 0 Å². The molecule has 2 aromatic rings. The molecule has 0 fully saturated rings. The molecule has 7 nitrogen and oxygen atoms in total. The van der Waals surface area contributed by atoms with Gasteiger partial charge in [-0.05, 0) is 31.4 Å². The van der Waals surface area contributed by atoms with E-state index in [4.69, 9.17) is 0 Å². The van der Waals surface area contributed by atoms with Crippen LogP contribution in [0.2, 0.25) is 0 Å². The van der Waals surface area contributed by atoms with E-state index in [1.165, 1.54) is 22.4 Å². The minimum Gasteiger partial charge on any atom is -0.380 e. The number of aromatic nitrogens is 2. The van der Waals surface area contributed by atoms with Gasteiger partial charge < -0.3 is 10.6 Å². The lowest BCUT2D eigenvalue weighted by molar-refractivity contribution is -0.121. The third-order valence-corrected chi connectivity index (χ3v) is 4.85. The van der Waals surface area contributed by atoms with Crippen molar-refractivity contribution >= 4 is 38.5 Å². The number of rotatable bonds is 7. The summed E-state index contributed by atoms with van der Waals surface area (Å²) in [5.41, 5.74) is 0.547. The number of hydrogen-bond acceptors (Lipinski definition) is 6. The summed E-state index contributed by atoms with van der Waals surface area (Å²) in [7, 11) is 1.81. The van der Waals surface area contributed by atoms with Gasteiger partial charge in [0.15, 0.2) is 0 Å². The van der Waals surface area contributed by atoms with Crippen molar-refractivity contribution in [3.8, 4) is 0 Å². The molecule has 0 aliphatic carbocycles. The topological polar surface area (TPSA) is 88.4 Å². The van der Waals surface area contributed by atoms with Crippen molar-refractivity contribution < 1.29 is 4.79 Å². The Balaban J connectivity index is 0.00000165. The monoisotopic (exact) mass is 449 g/mol. The van der Waals surface area contributed by atoms with Gasteiger partial charge in [-0.2, -0.15) is 5.10 Å². The van der Waals surface area contributed by atoms with E-state index in [9.17, 15) is 9.59 Å². The Labute approximate surface area is 190 Å². The van der Waals surface area contributed by atoms with Crippen LogP contribution in [0.15, 0.2) is 27.8 Å². The summed E-state index contributed by atoms with van der Waals surface area (Å²) in [4.78, 5) is 29.3. The molecule has 0 spiro atoms. The van der Waals surface area contributed by atoms with E-state index >= 15 is 0 Å². The number of carbonyl (C=O) groups is 1. The van der Waals surface area contributed by atoms with E-state index < -0.39 is 0 Å². The number of fused-ring (bicyclic) bond motifs is 1. The molecule has 174 valence electrons. The zero-order valence-corrected chi connectivity index (χ0v) is 21.3. The Hall–Kier alpha value is -2.48. The summed E-state index contributed by atoms with van der Waals surface area (Å²) in [6, 6.07) is 1.94. The molecule has 31 heavy (non-hydrogen) atoms. The first-order valence-corrected chi connectivity index (χ1v) is 11.8. The minimum atomic E-state index is -0.333. The van der Waals surface area contributed by atoms with Gasteiger partial charge in [0.05, 0.1) is 10.7 Å². The number of anilines is 1. The number of aliphatic imine (C=N–C) groups is 1. The summed E-state index contributed by atoms with van der Waals surface area (Å²) < 4.78 is 1.84. The highest BCUT2D eigenvalue weighted by Crippen LogP contribution is 2.31. The predicted octanol–water partition coefficient (Wildman–Crippen LogP) is 5.52. The molecular weight excluding hydrogens is 410 g/mol. The van der Waals surface area contributed by atoms with E-state index in [0.29, 0.717) is 10.5 Å². The van der Waals surface area contributed by atoms with Crippen molar-refractivity contribution in [2.75, 3.05) is 12.4 Å². The molecule has 0 saturated heterocycles. The average molecular weight is 450 g/mol. The van der Waals surface area contributed by atoms with Gasteiger partial charge in [-0.1, -0.05) is 54.9 Å². The number of amides is 1. The first-order valence-electron chi connectivity index (χ1n) is 11.0. The molecule has 0 radical (unpaired) electrons. The summed E-state index contributed by atoms with van der Waals surface area (Å²) in [6.45, 7) is 15.9. The highest BCUT2D eigenvalue weighted by Gasteiger charge is 2.18. The second-order valence-corrected chi connectivity index (χ2v) is 7.81. The largest absolute Gasteiger partial charge is 0.380 e. The first-order chi connectivity index (χ1) is 14.8. The highest BCUT2D eigenvalue weighted by molar-refractivity contribution is 7.22. The molecule has 8 heteroatoms. The van der Waals surface area contributed by atoms with Gasteiger partial charge in [0, 0.05) is 18.6 Å². The molecule has 0 saturated carbocycles. The summed E-state index contributed by atoms with van der Waals surface area (Å²) in [5.74, 6) is 0.260. The Morgan fingerprint density at radius 2 is 1.90 bits per heavy atom. The van der Waals surface area contributed by atoms with Crippen LogP contribution < -0.4 is 16.2 Å². The van der Waals surface area contributed by atoms with E-state index in [-0.39, 0.29) is 23.9 Å². The van der Waals surface area contributed by atoms with E-state index in [1.54, 1.807) is 19.2 Å². The van der Waals surface area contributed by atoms with Crippen molar-refractivity contribution in [2.24, 2.45) is 4.99 Å². The van der Waals surface area contributed by atoms with Crippen LogP contribution in [0.1, 0.15) is 79.8 Å². The van der Waals surface area contributed by atoms with Crippen LogP contribution in [0.3, 0.4) is 0 Å². The quantitative estimate of drug-likeness (QED) is 0.544. The summed E-state index contributed by atoms with van der Waals surface area (Å²) >= 11 is 1.38. The second kappa shape index (κ2) is 15.3. The van der Waals surface area contributed by atoms with E-state index in [1.807, 2.05) is 47.7 Å². The lowest BCUT2D eigenvalue weighted by Gasteiger charge is -2.11. The smallest absolute Gasteiger partial charge is 0.285 e. The first kappa shape index (κ1) is 28.5. The lowest BCUT2D eigenvalue weighted by atomic mass is 10.1. The Morgan fingerprint density at radius 1 is 1.29 bits per heavy atom. The molecular formula is C23H39N5O2S. The van der Waals surface area contributed by atoms with Gasteiger partial charge in [-0.3, -0.25) is 9.59 Å². The Morgan fingerprint density at radius 3 is 2.39 bits per heavy atom.